The molecule has 1 amide bonds. The highest BCUT2D eigenvalue weighted by Gasteiger charge is 2.30. The lowest BCUT2D eigenvalue weighted by atomic mass is 10.1. The van der Waals surface area contributed by atoms with E-state index in [2.05, 4.69) is 5.32 Å². The van der Waals surface area contributed by atoms with Crippen molar-refractivity contribution in [2.75, 3.05) is 23.0 Å². The molecule has 26 heavy (non-hydrogen) atoms. The molecule has 142 valence electrons. The second-order valence-corrected chi connectivity index (χ2v) is 11.3. The van der Waals surface area contributed by atoms with Gasteiger partial charge in [0.25, 0.3) is 5.91 Å². The highest BCUT2D eigenvalue weighted by Crippen LogP contribution is 2.45. The molecule has 0 bridgehead atoms. The smallest absolute Gasteiger partial charge is 0.338 e. The first-order valence-corrected chi connectivity index (χ1v) is 12.3. The zero-order chi connectivity index (χ0) is 18.7. The van der Waals surface area contributed by atoms with Crippen molar-refractivity contribution < 1.29 is 22.7 Å². The predicted molar refractivity (Wildman–Crippen MR) is 104 cm³/mol. The summed E-state index contributed by atoms with van der Waals surface area (Å²) in [5.74, 6) is 1.25. The minimum Gasteiger partial charge on any atom is -0.449 e. The molecule has 2 saturated heterocycles. The van der Waals surface area contributed by atoms with E-state index in [1.54, 1.807) is 12.1 Å². The van der Waals surface area contributed by atoms with Crippen molar-refractivity contribution in [3.63, 3.8) is 0 Å². The third-order valence-corrected chi connectivity index (χ3v) is 9.14. The SMILES string of the molecule is C[C@@H](OC(=O)c1ccc(C2SCCS2)cc1)C(=O)N[C@@H]1CCS(=O)(=O)C1. The molecule has 0 saturated carbocycles. The molecule has 6 nitrogen and oxygen atoms in total. The van der Waals surface area contributed by atoms with Gasteiger partial charge in [-0.1, -0.05) is 12.1 Å². The lowest BCUT2D eigenvalue weighted by Crippen LogP contribution is -2.42. The first-order chi connectivity index (χ1) is 12.3. The Hall–Kier alpha value is -1.19. The maximum Gasteiger partial charge on any atom is 0.338 e. The number of rotatable bonds is 5. The van der Waals surface area contributed by atoms with Crippen LogP contribution in [0.25, 0.3) is 0 Å². The number of hydrogen-bond acceptors (Lipinski definition) is 7. The molecule has 0 aromatic heterocycles. The summed E-state index contributed by atoms with van der Waals surface area (Å²) in [5.41, 5.74) is 1.56. The Morgan fingerprint density at radius 1 is 1.19 bits per heavy atom. The van der Waals surface area contributed by atoms with E-state index in [0.717, 1.165) is 11.5 Å². The lowest BCUT2D eigenvalue weighted by molar-refractivity contribution is -0.129. The van der Waals surface area contributed by atoms with Gasteiger partial charge in [0.15, 0.2) is 15.9 Å². The lowest BCUT2D eigenvalue weighted by Gasteiger charge is -2.16. The van der Waals surface area contributed by atoms with Crippen molar-refractivity contribution in [1.82, 2.24) is 5.32 Å². The molecule has 3 rings (SSSR count). The Morgan fingerprint density at radius 2 is 1.85 bits per heavy atom. The van der Waals surface area contributed by atoms with Crippen LogP contribution in [0.15, 0.2) is 24.3 Å². The van der Waals surface area contributed by atoms with Gasteiger partial charge in [0.2, 0.25) is 0 Å². The Bertz CT molecular complexity index is 772. The maximum absolute atomic E-state index is 12.2. The standard InChI is InChI=1S/C17H21NO5S3/c1-11(15(19)18-14-6-9-26(21,22)10-14)23-16(20)12-2-4-13(5-3-12)17-24-7-8-25-17/h2-5,11,14,17H,6-10H2,1H3,(H,18,19)/t11-,14-/m1/s1. The summed E-state index contributed by atoms with van der Waals surface area (Å²) in [7, 11) is -3.07. The molecule has 2 aliphatic heterocycles. The summed E-state index contributed by atoms with van der Waals surface area (Å²) >= 11 is 3.78. The van der Waals surface area contributed by atoms with Crippen LogP contribution in [0.5, 0.6) is 0 Å². The predicted octanol–water partition coefficient (Wildman–Crippen LogP) is 2.01. The molecule has 1 N–H and O–H groups in total. The number of amides is 1. The van der Waals surface area contributed by atoms with Crippen LogP contribution < -0.4 is 5.32 Å². The van der Waals surface area contributed by atoms with Crippen LogP contribution in [0.3, 0.4) is 0 Å². The Kier molecular flexibility index (Phi) is 6.19. The first-order valence-electron chi connectivity index (χ1n) is 8.39. The molecule has 1 aromatic carbocycles. The molecule has 1 aromatic rings. The topological polar surface area (TPSA) is 89.5 Å². The van der Waals surface area contributed by atoms with Gasteiger partial charge in [-0.05, 0) is 31.0 Å². The summed E-state index contributed by atoms with van der Waals surface area (Å²) in [5, 5.41) is 2.64. The van der Waals surface area contributed by atoms with E-state index < -0.39 is 33.9 Å². The van der Waals surface area contributed by atoms with Crippen LogP contribution in [-0.2, 0) is 19.4 Å². The summed E-state index contributed by atoms with van der Waals surface area (Å²) in [6.07, 6.45) is -0.584. The van der Waals surface area contributed by atoms with E-state index in [1.165, 1.54) is 12.5 Å². The number of sulfone groups is 1. The molecule has 0 unspecified atom stereocenters. The number of esters is 1. The quantitative estimate of drug-likeness (QED) is 0.736. The van der Waals surface area contributed by atoms with E-state index in [-0.39, 0.29) is 11.5 Å². The van der Waals surface area contributed by atoms with Gasteiger partial charge >= 0.3 is 5.97 Å². The van der Waals surface area contributed by atoms with Gasteiger partial charge in [0, 0.05) is 17.5 Å². The number of carbonyl (C=O) groups is 2. The summed E-state index contributed by atoms with van der Waals surface area (Å²) in [4.78, 5) is 24.3. The molecule has 9 heteroatoms. The molecular formula is C17H21NO5S3. The Labute approximate surface area is 161 Å². The van der Waals surface area contributed by atoms with Crippen molar-refractivity contribution in [3.8, 4) is 0 Å². The van der Waals surface area contributed by atoms with E-state index in [1.807, 2.05) is 35.7 Å². The molecule has 2 aliphatic rings. The number of benzene rings is 1. The summed E-state index contributed by atoms with van der Waals surface area (Å²) < 4.78 is 28.5. The van der Waals surface area contributed by atoms with Gasteiger partial charge in [-0.25, -0.2) is 13.2 Å². The third-order valence-electron chi connectivity index (χ3n) is 4.27. The van der Waals surface area contributed by atoms with Crippen molar-refractivity contribution in [2.45, 2.75) is 30.1 Å². The van der Waals surface area contributed by atoms with Crippen molar-refractivity contribution >= 4 is 45.2 Å². The molecule has 0 spiro atoms. The van der Waals surface area contributed by atoms with Gasteiger partial charge in [0.05, 0.1) is 21.7 Å². The number of ether oxygens (including phenoxy) is 1. The minimum absolute atomic E-state index is 0.0575. The first kappa shape index (κ1) is 19.6. The average Bonchev–Trinajstić information content (AvgIpc) is 3.24. The fourth-order valence-corrected chi connectivity index (χ4v) is 7.37. The van der Waals surface area contributed by atoms with E-state index in [4.69, 9.17) is 4.74 Å². The van der Waals surface area contributed by atoms with Crippen LogP contribution in [-0.4, -0.2) is 55.5 Å². The third kappa shape index (κ3) is 4.95. The largest absolute Gasteiger partial charge is 0.449 e. The van der Waals surface area contributed by atoms with Crippen molar-refractivity contribution in [1.29, 1.82) is 0 Å². The Morgan fingerprint density at radius 3 is 2.42 bits per heavy atom. The van der Waals surface area contributed by atoms with Crippen molar-refractivity contribution in [3.05, 3.63) is 35.4 Å². The second-order valence-electron chi connectivity index (χ2n) is 6.35. The van der Waals surface area contributed by atoms with Gasteiger partial charge in [0.1, 0.15) is 0 Å². The van der Waals surface area contributed by atoms with E-state index >= 15 is 0 Å². The fourth-order valence-electron chi connectivity index (χ4n) is 2.84. The molecule has 2 atom stereocenters. The molecule has 2 fully saturated rings. The van der Waals surface area contributed by atoms with E-state index in [0.29, 0.717) is 16.6 Å². The molecule has 0 radical (unpaired) electrons. The normalized spacial score (nSPS) is 23.5. The number of nitrogens with one attached hydrogen (secondary N) is 1. The van der Waals surface area contributed by atoms with Gasteiger partial charge in [-0.3, -0.25) is 4.79 Å². The zero-order valence-corrected chi connectivity index (χ0v) is 16.8. The monoisotopic (exact) mass is 415 g/mol. The van der Waals surface area contributed by atoms with Crippen LogP contribution in [0, 0.1) is 0 Å². The molecule has 0 aliphatic carbocycles. The average molecular weight is 416 g/mol. The number of carbonyl (C=O) groups excluding carboxylic acids is 2. The van der Waals surface area contributed by atoms with Crippen LogP contribution in [0.2, 0.25) is 0 Å². The second kappa shape index (κ2) is 8.22. The highest BCUT2D eigenvalue weighted by molar-refractivity contribution is 8.19. The maximum atomic E-state index is 12.2. The van der Waals surface area contributed by atoms with Gasteiger partial charge in [-0.15, -0.1) is 23.5 Å². The highest BCUT2D eigenvalue weighted by atomic mass is 32.2. The van der Waals surface area contributed by atoms with Gasteiger partial charge in [-0.2, -0.15) is 0 Å². The minimum atomic E-state index is -3.07. The summed E-state index contributed by atoms with van der Waals surface area (Å²) in [6, 6.07) is 6.85. The van der Waals surface area contributed by atoms with E-state index in [9.17, 15) is 18.0 Å². The fraction of sp³-hybridized carbons (Fsp3) is 0.529. The van der Waals surface area contributed by atoms with Crippen LogP contribution in [0.1, 0.15) is 33.8 Å². The number of hydrogen-bond donors (Lipinski definition) is 1. The van der Waals surface area contributed by atoms with Crippen molar-refractivity contribution in [2.24, 2.45) is 0 Å². The molecule has 2 heterocycles. The summed E-state index contributed by atoms with van der Waals surface area (Å²) in [6.45, 7) is 1.48. The molecular weight excluding hydrogens is 394 g/mol. The Balaban J connectivity index is 1.52. The van der Waals surface area contributed by atoms with Gasteiger partial charge < -0.3 is 10.1 Å². The van der Waals surface area contributed by atoms with Crippen LogP contribution in [0.4, 0.5) is 0 Å². The number of thioether (sulfide) groups is 2. The zero-order valence-electron chi connectivity index (χ0n) is 14.3. The van der Waals surface area contributed by atoms with Crippen LogP contribution >= 0.6 is 23.5 Å².